The van der Waals surface area contributed by atoms with Crippen LogP contribution in [0, 0.1) is 0 Å². The molecule has 68 heavy (non-hydrogen) atoms. The van der Waals surface area contributed by atoms with Crippen LogP contribution in [-0.2, 0) is 5.41 Å². The lowest BCUT2D eigenvalue weighted by atomic mass is 9.70. The Morgan fingerprint density at radius 1 is 0.309 bits per heavy atom. The van der Waals surface area contributed by atoms with Gasteiger partial charge in [-0.3, -0.25) is 4.57 Å². The molecule has 5 nitrogen and oxygen atoms in total. The van der Waals surface area contributed by atoms with Crippen molar-refractivity contribution in [1.82, 2.24) is 19.3 Å². The Bertz CT molecular complexity index is 3730. The molecule has 2 aliphatic rings. The predicted molar refractivity (Wildman–Crippen MR) is 278 cm³/mol. The molecule has 0 radical (unpaired) electrons. The summed E-state index contributed by atoms with van der Waals surface area (Å²) in [5.74, 6) is 1.57. The highest BCUT2D eigenvalue weighted by molar-refractivity contribution is 6.09. The maximum Gasteiger partial charge on any atom is 0.168 e. The Balaban J connectivity index is 0.966. The van der Waals surface area contributed by atoms with Crippen LogP contribution in [0.4, 0.5) is 17.1 Å². The first-order valence-electron chi connectivity index (χ1n) is 23.2. The van der Waals surface area contributed by atoms with Crippen molar-refractivity contribution < 1.29 is 0 Å². The minimum Gasteiger partial charge on any atom is -0.310 e. The van der Waals surface area contributed by atoms with Gasteiger partial charge in [0, 0.05) is 50.3 Å². The number of benzene rings is 10. The van der Waals surface area contributed by atoms with Crippen molar-refractivity contribution >= 4 is 38.9 Å². The zero-order chi connectivity index (χ0) is 44.8. The van der Waals surface area contributed by atoms with Gasteiger partial charge >= 0.3 is 0 Å². The van der Waals surface area contributed by atoms with E-state index in [4.69, 9.17) is 10.2 Å². The van der Waals surface area contributed by atoms with Gasteiger partial charge in [-0.15, -0.1) is 10.2 Å². The molecule has 2 aromatic heterocycles. The highest BCUT2D eigenvalue weighted by Gasteiger charge is 2.51. The third-order valence-electron chi connectivity index (χ3n) is 14.3. The van der Waals surface area contributed by atoms with Gasteiger partial charge in [-0.2, -0.15) is 0 Å². The molecule has 0 unspecified atom stereocenters. The molecule has 0 atom stereocenters. The summed E-state index contributed by atoms with van der Waals surface area (Å²) in [4.78, 5) is 2.41. The van der Waals surface area contributed by atoms with Gasteiger partial charge in [-0.25, -0.2) is 0 Å². The maximum absolute atomic E-state index is 4.78. The predicted octanol–water partition coefficient (Wildman–Crippen LogP) is 15.5. The molecule has 12 aromatic rings. The smallest absolute Gasteiger partial charge is 0.168 e. The fourth-order valence-electron chi connectivity index (χ4n) is 11.4. The number of hydrogen-bond donors (Lipinski definition) is 0. The SMILES string of the molecule is c1ccc(-c2nnc(-c3ccccc3)n2-c2ccc(N(c3ccc(-n4c5ccccc5c5ccccc54)cc3)c3ccc4c(c3)C3(c5ccccc5-c5ccccc53)c3ccccc3-4)cc2)cc1. The summed E-state index contributed by atoms with van der Waals surface area (Å²) in [7, 11) is 0. The number of rotatable bonds is 7. The molecule has 0 aliphatic heterocycles. The van der Waals surface area contributed by atoms with Crippen LogP contribution in [0.25, 0.3) is 78.2 Å². The van der Waals surface area contributed by atoms with Gasteiger partial charge in [0.1, 0.15) is 0 Å². The fraction of sp³-hybridized carbons (Fsp3) is 0.0159. The fourth-order valence-corrected chi connectivity index (χ4v) is 11.4. The van der Waals surface area contributed by atoms with Crippen LogP contribution in [0.15, 0.2) is 249 Å². The van der Waals surface area contributed by atoms with Gasteiger partial charge in [0.2, 0.25) is 0 Å². The summed E-state index contributed by atoms with van der Waals surface area (Å²) in [5.41, 5.74) is 19.6. The zero-order valence-corrected chi connectivity index (χ0v) is 36.9. The molecular weight excluding hydrogens is 827 g/mol. The molecule has 0 fully saturated rings. The molecule has 10 aromatic carbocycles. The van der Waals surface area contributed by atoms with E-state index in [0.29, 0.717) is 0 Å². The number of hydrogen-bond acceptors (Lipinski definition) is 3. The van der Waals surface area contributed by atoms with Crippen molar-refractivity contribution in [2.75, 3.05) is 4.90 Å². The first-order valence-corrected chi connectivity index (χ1v) is 23.2. The van der Waals surface area contributed by atoms with E-state index in [2.05, 4.69) is 226 Å². The second kappa shape index (κ2) is 15.0. The van der Waals surface area contributed by atoms with Crippen LogP contribution in [-0.4, -0.2) is 19.3 Å². The topological polar surface area (TPSA) is 38.9 Å². The van der Waals surface area contributed by atoms with Crippen molar-refractivity contribution in [1.29, 1.82) is 0 Å². The van der Waals surface area contributed by atoms with Crippen LogP contribution in [0.3, 0.4) is 0 Å². The number of aromatic nitrogens is 4. The molecule has 0 bridgehead atoms. The van der Waals surface area contributed by atoms with Crippen LogP contribution in [0.1, 0.15) is 22.3 Å². The first kappa shape index (κ1) is 38.2. The molecule has 1 spiro atoms. The second-order valence-electron chi connectivity index (χ2n) is 17.8. The van der Waals surface area contributed by atoms with Gasteiger partial charge in [0.05, 0.1) is 16.4 Å². The highest BCUT2D eigenvalue weighted by atomic mass is 15.3. The van der Waals surface area contributed by atoms with E-state index >= 15 is 0 Å². The second-order valence-corrected chi connectivity index (χ2v) is 17.8. The van der Waals surface area contributed by atoms with Crippen molar-refractivity contribution in [3.8, 4) is 56.4 Å². The molecule has 0 amide bonds. The Hall–Kier alpha value is -9.06. The van der Waals surface area contributed by atoms with E-state index in [9.17, 15) is 0 Å². The van der Waals surface area contributed by atoms with E-state index < -0.39 is 5.41 Å². The Kier molecular flexibility index (Phi) is 8.43. The molecule has 0 saturated heterocycles. The molecule has 318 valence electrons. The lowest BCUT2D eigenvalue weighted by molar-refractivity contribution is 0.793. The van der Waals surface area contributed by atoms with Crippen molar-refractivity contribution in [2.45, 2.75) is 5.41 Å². The summed E-state index contributed by atoms with van der Waals surface area (Å²) < 4.78 is 4.55. The van der Waals surface area contributed by atoms with E-state index in [1.807, 2.05) is 36.4 Å². The molecule has 2 aliphatic carbocycles. The van der Waals surface area contributed by atoms with E-state index in [0.717, 1.165) is 51.2 Å². The van der Waals surface area contributed by atoms with E-state index in [1.54, 1.807) is 0 Å². The van der Waals surface area contributed by atoms with Crippen molar-refractivity contribution in [2.24, 2.45) is 0 Å². The average Bonchev–Trinajstić information content (AvgIpc) is 4.16. The third kappa shape index (κ3) is 5.50. The highest BCUT2D eigenvalue weighted by Crippen LogP contribution is 2.63. The number of nitrogens with zero attached hydrogens (tertiary/aromatic N) is 5. The Morgan fingerprint density at radius 3 is 1.18 bits per heavy atom. The van der Waals surface area contributed by atoms with Crippen molar-refractivity contribution in [3.63, 3.8) is 0 Å². The maximum atomic E-state index is 4.78. The normalized spacial score (nSPS) is 12.8. The Labute approximate surface area is 394 Å². The molecule has 5 heteroatoms. The quantitative estimate of drug-likeness (QED) is 0.160. The van der Waals surface area contributed by atoms with Crippen LogP contribution in [0.5, 0.6) is 0 Å². The number of fused-ring (bicyclic) bond motifs is 13. The monoisotopic (exact) mass is 867 g/mol. The molecular formula is C63H41N5. The standard InChI is InChI=1S/C63H41N5/c1-3-17-42(18-4-1)61-64-65-62(43-19-5-2-6-20-43)68(61)47-37-33-45(34-38-47)66(44-31-35-46(36-32-44)67-59-29-15-10-24-53(59)54-25-11-16-30-60(54)67)48-39-40-52-51-23-9-14-28-57(51)63(58(52)41-48)55-26-12-7-21-49(55)50-22-8-13-27-56(50)63/h1-41H. The van der Waals surface area contributed by atoms with Crippen LogP contribution < -0.4 is 4.90 Å². The summed E-state index contributed by atoms with van der Waals surface area (Å²) in [6.07, 6.45) is 0. The lowest BCUT2D eigenvalue weighted by Crippen LogP contribution is -2.26. The van der Waals surface area contributed by atoms with Gasteiger partial charge < -0.3 is 9.47 Å². The van der Waals surface area contributed by atoms with Crippen LogP contribution >= 0.6 is 0 Å². The first-order chi connectivity index (χ1) is 33.8. The molecule has 2 heterocycles. The molecule has 0 N–H and O–H groups in total. The molecule has 14 rings (SSSR count). The largest absolute Gasteiger partial charge is 0.310 e. The van der Waals surface area contributed by atoms with Crippen molar-refractivity contribution in [3.05, 3.63) is 271 Å². The summed E-state index contributed by atoms with van der Waals surface area (Å²) in [5, 5.41) is 12.0. The van der Waals surface area contributed by atoms with Crippen LogP contribution in [0.2, 0.25) is 0 Å². The summed E-state index contributed by atoms with van der Waals surface area (Å²) >= 11 is 0. The summed E-state index contributed by atoms with van der Waals surface area (Å²) in [6.45, 7) is 0. The number of para-hydroxylation sites is 2. The minimum atomic E-state index is -0.471. The van der Waals surface area contributed by atoms with Gasteiger partial charge in [-0.05, 0) is 117 Å². The third-order valence-corrected chi connectivity index (χ3v) is 14.3. The molecule has 0 saturated carbocycles. The lowest BCUT2D eigenvalue weighted by Gasteiger charge is -2.32. The van der Waals surface area contributed by atoms with Gasteiger partial charge in [0.25, 0.3) is 0 Å². The zero-order valence-electron chi connectivity index (χ0n) is 36.9. The van der Waals surface area contributed by atoms with E-state index in [-0.39, 0.29) is 0 Å². The minimum absolute atomic E-state index is 0.471. The number of anilines is 3. The van der Waals surface area contributed by atoms with E-state index in [1.165, 1.54) is 66.3 Å². The van der Waals surface area contributed by atoms with Gasteiger partial charge in [-0.1, -0.05) is 176 Å². The van der Waals surface area contributed by atoms with Gasteiger partial charge in [0.15, 0.2) is 11.6 Å². The Morgan fingerprint density at radius 2 is 0.691 bits per heavy atom. The summed E-state index contributed by atoms with van der Waals surface area (Å²) in [6, 6.07) is 90.1. The average molecular weight is 868 g/mol.